The molecule has 0 radical (unpaired) electrons. The first-order valence-electron chi connectivity index (χ1n) is 4.22. The topological polar surface area (TPSA) is 58.4 Å². The molecule has 0 bridgehead atoms. The van der Waals surface area contributed by atoms with E-state index in [1.54, 1.807) is 11.9 Å². The molecule has 0 heterocycles. The second kappa shape index (κ2) is 5.97. The van der Waals surface area contributed by atoms with Crippen LogP contribution >= 0.6 is 0 Å². The average Bonchev–Trinajstić information content (AvgIpc) is 1.98. The highest BCUT2D eigenvalue weighted by Gasteiger charge is 2.09. The summed E-state index contributed by atoms with van der Waals surface area (Å²) in [6.07, 6.45) is 0.431. The highest BCUT2D eigenvalue weighted by Crippen LogP contribution is 1.92. The van der Waals surface area contributed by atoms with Crippen LogP contribution in [-0.4, -0.2) is 44.0 Å². The zero-order chi connectivity index (χ0) is 9.56. The van der Waals surface area contributed by atoms with Crippen molar-refractivity contribution in [1.29, 1.82) is 0 Å². The molecule has 0 saturated heterocycles. The molecule has 1 atom stereocenters. The third kappa shape index (κ3) is 5.09. The van der Waals surface area contributed by atoms with Gasteiger partial charge in [-0.2, -0.15) is 0 Å². The zero-order valence-corrected chi connectivity index (χ0v) is 8.13. The lowest BCUT2D eigenvalue weighted by molar-refractivity contribution is -0.130. The fourth-order valence-electron chi connectivity index (χ4n) is 0.835. The maximum Gasteiger partial charge on any atom is 0.223 e. The van der Waals surface area contributed by atoms with Gasteiger partial charge in [-0.15, -0.1) is 0 Å². The van der Waals surface area contributed by atoms with Crippen molar-refractivity contribution in [2.45, 2.75) is 19.4 Å². The van der Waals surface area contributed by atoms with Crippen molar-refractivity contribution in [3.8, 4) is 0 Å². The van der Waals surface area contributed by atoms with E-state index in [2.05, 4.69) is 5.32 Å². The van der Waals surface area contributed by atoms with E-state index in [1.165, 1.54) is 0 Å². The van der Waals surface area contributed by atoms with Crippen molar-refractivity contribution in [1.82, 2.24) is 10.2 Å². The molecule has 72 valence electrons. The number of hydrogen-bond acceptors (Lipinski definition) is 3. The number of hydrogen-bond donors (Lipinski definition) is 2. The lowest BCUT2D eigenvalue weighted by Gasteiger charge is -2.17. The molecule has 0 spiro atoms. The first-order valence-corrected chi connectivity index (χ1v) is 4.22. The van der Waals surface area contributed by atoms with Gasteiger partial charge in [0.05, 0.1) is 0 Å². The minimum atomic E-state index is -0.0467. The van der Waals surface area contributed by atoms with E-state index in [-0.39, 0.29) is 11.9 Å². The van der Waals surface area contributed by atoms with Crippen LogP contribution in [0.2, 0.25) is 0 Å². The predicted molar refractivity (Wildman–Crippen MR) is 49.8 cm³/mol. The molecule has 4 nitrogen and oxygen atoms in total. The second-order valence-electron chi connectivity index (χ2n) is 3.10. The van der Waals surface area contributed by atoms with E-state index in [0.717, 1.165) is 13.1 Å². The number of nitrogens with zero attached hydrogens (tertiary/aromatic N) is 1. The molecular weight excluding hydrogens is 154 g/mol. The van der Waals surface area contributed by atoms with Crippen molar-refractivity contribution in [3.63, 3.8) is 0 Å². The van der Waals surface area contributed by atoms with Gasteiger partial charge < -0.3 is 16.0 Å². The molecule has 3 N–H and O–H groups in total. The molecule has 0 aliphatic rings. The van der Waals surface area contributed by atoms with E-state index in [4.69, 9.17) is 5.73 Å². The highest BCUT2D eigenvalue weighted by atomic mass is 16.2. The Morgan fingerprint density at radius 2 is 2.25 bits per heavy atom. The molecule has 0 aromatic heterocycles. The molecule has 12 heavy (non-hydrogen) atoms. The number of amides is 1. The summed E-state index contributed by atoms with van der Waals surface area (Å²) in [5, 5.41) is 2.98. The third-order valence-corrected chi connectivity index (χ3v) is 1.62. The average molecular weight is 173 g/mol. The number of nitrogens with one attached hydrogen (secondary N) is 1. The molecule has 0 fully saturated rings. The predicted octanol–water partition coefficient (Wildman–Crippen LogP) is -0.598. The lowest BCUT2D eigenvalue weighted by Crippen LogP contribution is -2.35. The van der Waals surface area contributed by atoms with Gasteiger partial charge in [-0.25, -0.2) is 0 Å². The summed E-state index contributed by atoms with van der Waals surface area (Å²) in [5.41, 5.74) is 5.50. The van der Waals surface area contributed by atoms with Gasteiger partial charge in [-0.3, -0.25) is 4.79 Å². The summed E-state index contributed by atoms with van der Waals surface area (Å²) in [7, 11) is 3.66. The van der Waals surface area contributed by atoms with E-state index in [0.29, 0.717) is 6.42 Å². The van der Waals surface area contributed by atoms with Crippen LogP contribution in [0.1, 0.15) is 13.3 Å². The summed E-state index contributed by atoms with van der Waals surface area (Å²) in [5.74, 6) is 0.111. The van der Waals surface area contributed by atoms with Gasteiger partial charge in [0.2, 0.25) is 5.91 Å². The van der Waals surface area contributed by atoms with E-state index < -0.39 is 0 Å². The summed E-state index contributed by atoms with van der Waals surface area (Å²) >= 11 is 0. The number of carbonyl (C=O) groups is 1. The lowest BCUT2D eigenvalue weighted by atomic mass is 10.2. The normalized spacial score (nSPS) is 12.7. The van der Waals surface area contributed by atoms with Gasteiger partial charge in [0.25, 0.3) is 0 Å². The van der Waals surface area contributed by atoms with Crippen LogP contribution in [0, 0.1) is 0 Å². The van der Waals surface area contributed by atoms with Gasteiger partial charge in [0.15, 0.2) is 0 Å². The fraction of sp³-hybridized carbons (Fsp3) is 0.875. The Bertz CT molecular complexity index is 136. The van der Waals surface area contributed by atoms with E-state index >= 15 is 0 Å². The molecule has 0 aromatic carbocycles. The number of nitrogens with two attached hydrogens (primary N) is 1. The molecule has 0 aromatic rings. The summed E-state index contributed by atoms with van der Waals surface area (Å²) < 4.78 is 0. The van der Waals surface area contributed by atoms with Crippen molar-refractivity contribution in [3.05, 3.63) is 0 Å². The van der Waals surface area contributed by atoms with E-state index in [1.807, 2.05) is 14.0 Å². The quantitative estimate of drug-likeness (QED) is 0.584. The van der Waals surface area contributed by atoms with Gasteiger partial charge in [0.1, 0.15) is 0 Å². The van der Waals surface area contributed by atoms with Gasteiger partial charge >= 0.3 is 0 Å². The van der Waals surface area contributed by atoms with Crippen LogP contribution in [0.15, 0.2) is 0 Å². The Morgan fingerprint density at radius 1 is 1.67 bits per heavy atom. The Morgan fingerprint density at radius 3 is 2.67 bits per heavy atom. The van der Waals surface area contributed by atoms with Crippen LogP contribution in [0.5, 0.6) is 0 Å². The number of rotatable bonds is 5. The van der Waals surface area contributed by atoms with E-state index in [9.17, 15) is 4.79 Å². The van der Waals surface area contributed by atoms with Crippen LogP contribution in [0.3, 0.4) is 0 Å². The Hall–Kier alpha value is -0.610. The first kappa shape index (κ1) is 11.4. The monoisotopic (exact) mass is 173 g/mol. The first-order chi connectivity index (χ1) is 5.57. The van der Waals surface area contributed by atoms with Gasteiger partial charge in [-0.05, 0) is 14.0 Å². The highest BCUT2D eigenvalue weighted by molar-refractivity contribution is 5.76. The fourth-order valence-corrected chi connectivity index (χ4v) is 0.835. The number of carbonyl (C=O) groups excluding carboxylic acids is 1. The van der Waals surface area contributed by atoms with Gasteiger partial charge in [-0.1, -0.05) is 0 Å². The molecular formula is C8H19N3O. The van der Waals surface area contributed by atoms with Crippen LogP contribution in [0.4, 0.5) is 0 Å². The van der Waals surface area contributed by atoms with Crippen molar-refractivity contribution in [2.24, 2.45) is 5.73 Å². The summed E-state index contributed by atoms with van der Waals surface area (Å²) in [6, 6.07) is -0.0467. The largest absolute Gasteiger partial charge is 0.344 e. The van der Waals surface area contributed by atoms with Crippen molar-refractivity contribution >= 4 is 5.91 Å². The Kier molecular flexibility index (Phi) is 5.66. The summed E-state index contributed by atoms with van der Waals surface area (Å²) in [4.78, 5) is 13.0. The van der Waals surface area contributed by atoms with Crippen LogP contribution < -0.4 is 11.1 Å². The molecule has 0 saturated carbocycles. The third-order valence-electron chi connectivity index (χ3n) is 1.62. The minimum absolute atomic E-state index is 0.0467. The maximum absolute atomic E-state index is 11.3. The molecule has 0 rings (SSSR count). The molecule has 0 aliphatic heterocycles. The summed E-state index contributed by atoms with van der Waals surface area (Å²) in [6.45, 7) is 3.40. The Balaban J connectivity index is 3.61. The van der Waals surface area contributed by atoms with Crippen molar-refractivity contribution in [2.75, 3.05) is 27.2 Å². The SMILES string of the molecule is CNCCN(C)C(=O)CC(C)N. The minimum Gasteiger partial charge on any atom is -0.344 e. The maximum atomic E-state index is 11.3. The number of likely N-dealkylation sites (N-methyl/N-ethyl adjacent to an activating group) is 2. The van der Waals surface area contributed by atoms with Crippen LogP contribution in [-0.2, 0) is 4.79 Å². The Labute approximate surface area is 74.1 Å². The standard InChI is InChI=1S/C8H19N3O/c1-7(9)6-8(12)11(3)5-4-10-2/h7,10H,4-6,9H2,1-3H3. The molecule has 1 amide bonds. The molecule has 1 unspecified atom stereocenters. The smallest absolute Gasteiger partial charge is 0.223 e. The molecule has 4 heteroatoms. The van der Waals surface area contributed by atoms with Crippen molar-refractivity contribution < 1.29 is 4.79 Å². The zero-order valence-electron chi connectivity index (χ0n) is 8.13. The molecule has 0 aliphatic carbocycles. The second-order valence-corrected chi connectivity index (χ2v) is 3.10. The van der Waals surface area contributed by atoms with Gasteiger partial charge in [0, 0.05) is 32.6 Å². The van der Waals surface area contributed by atoms with Crippen LogP contribution in [0.25, 0.3) is 0 Å².